The number of aliphatic hydroxyl groups is 1. The predicted octanol–water partition coefficient (Wildman–Crippen LogP) is 1.57. The van der Waals surface area contributed by atoms with Gasteiger partial charge in [0.05, 0.1) is 12.2 Å². The molecule has 11 heavy (non-hydrogen) atoms. The minimum absolute atomic E-state index is 0.147. The van der Waals surface area contributed by atoms with E-state index in [2.05, 4.69) is 0 Å². The van der Waals surface area contributed by atoms with Crippen LogP contribution in [0, 0.1) is 5.92 Å². The van der Waals surface area contributed by atoms with Gasteiger partial charge in [-0.25, -0.2) is 0 Å². The first-order valence-electron chi connectivity index (χ1n) is 4.39. The number of hydrogen-bond donors (Lipinski definition) is 1. The van der Waals surface area contributed by atoms with Crippen LogP contribution in [-0.4, -0.2) is 24.4 Å². The fourth-order valence-corrected chi connectivity index (χ4v) is 1.90. The maximum absolute atomic E-state index is 9.12. The molecule has 1 N–H and O–H groups in total. The molecule has 2 nitrogen and oxygen atoms in total. The van der Waals surface area contributed by atoms with Gasteiger partial charge in [-0.3, -0.25) is 0 Å². The summed E-state index contributed by atoms with van der Waals surface area (Å²) in [7, 11) is 1.69. The second kappa shape index (κ2) is 3.55. The Bertz CT molecular complexity index is 113. The third-order valence-electron chi connectivity index (χ3n) is 3.00. The van der Waals surface area contributed by atoms with Crippen molar-refractivity contribution in [3.63, 3.8) is 0 Å². The maximum atomic E-state index is 9.12. The molecule has 1 atom stereocenters. The third kappa shape index (κ3) is 1.74. The number of aliphatic hydroxyl groups excluding tert-OH is 1. The number of ether oxygens (including phenoxy) is 1. The van der Waals surface area contributed by atoms with Crippen LogP contribution in [-0.2, 0) is 4.74 Å². The lowest BCUT2D eigenvalue weighted by molar-refractivity contribution is -0.0777. The van der Waals surface area contributed by atoms with Crippen molar-refractivity contribution in [2.24, 2.45) is 5.92 Å². The van der Waals surface area contributed by atoms with Crippen LogP contribution in [0.3, 0.4) is 0 Å². The highest BCUT2D eigenvalue weighted by molar-refractivity contribution is 4.86. The SMILES string of the molecule is COC(C)(CO)C1CCCC1. The molecule has 1 aliphatic carbocycles. The molecule has 0 saturated heterocycles. The van der Waals surface area contributed by atoms with Gasteiger partial charge >= 0.3 is 0 Å². The zero-order valence-corrected chi connectivity index (χ0v) is 7.47. The summed E-state index contributed by atoms with van der Waals surface area (Å²) in [5.74, 6) is 0.567. The second-order valence-electron chi connectivity index (χ2n) is 3.66. The van der Waals surface area contributed by atoms with E-state index in [9.17, 15) is 0 Å². The summed E-state index contributed by atoms with van der Waals surface area (Å²) in [6.45, 7) is 2.15. The molecule has 1 rings (SSSR count). The van der Waals surface area contributed by atoms with E-state index in [-0.39, 0.29) is 12.2 Å². The van der Waals surface area contributed by atoms with Crippen molar-refractivity contribution in [3.05, 3.63) is 0 Å². The number of methoxy groups -OCH3 is 1. The zero-order valence-electron chi connectivity index (χ0n) is 7.47. The van der Waals surface area contributed by atoms with E-state index < -0.39 is 0 Å². The summed E-state index contributed by atoms with van der Waals surface area (Å²) in [6, 6.07) is 0. The van der Waals surface area contributed by atoms with E-state index in [0.29, 0.717) is 5.92 Å². The Balaban J connectivity index is 2.52. The molecule has 1 saturated carbocycles. The van der Waals surface area contributed by atoms with E-state index >= 15 is 0 Å². The quantitative estimate of drug-likeness (QED) is 0.675. The van der Waals surface area contributed by atoms with Crippen molar-refractivity contribution >= 4 is 0 Å². The van der Waals surface area contributed by atoms with Crippen molar-refractivity contribution < 1.29 is 9.84 Å². The Morgan fingerprint density at radius 1 is 1.45 bits per heavy atom. The average Bonchev–Trinajstić information content (AvgIpc) is 2.55. The fourth-order valence-electron chi connectivity index (χ4n) is 1.90. The van der Waals surface area contributed by atoms with Crippen molar-refractivity contribution in [1.29, 1.82) is 0 Å². The van der Waals surface area contributed by atoms with E-state index in [1.54, 1.807) is 7.11 Å². The monoisotopic (exact) mass is 158 g/mol. The summed E-state index contributed by atoms with van der Waals surface area (Å²) in [4.78, 5) is 0. The molecule has 66 valence electrons. The van der Waals surface area contributed by atoms with Crippen molar-refractivity contribution in [3.8, 4) is 0 Å². The van der Waals surface area contributed by atoms with Crippen LogP contribution in [0.4, 0.5) is 0 Å². The Morgan fingerprint density at radius 2 is 2.00 bits per heavy atom. The topological polar surface area (TPSA) is 29.5 Å². The van der Waals surface area contributed by atoms with Crippen LogP contribution in [0.5, 0.6) is 0 Å². The highest BCUT2D eigenvalue weighted by Crippen LogP contribution is 2.35. The highest BCUT2D eigenvalue weighted by atomic mass is 16.5. The third-order valence-corrected chi connectivity index (χ3v) is 3.00. The van der Waals surface area contributed by atoms with E-state index in [1.165, 1.54) is 25.7 Å². The van der Waals surface area contributed by atoms with Gasteiger partial charge in [0.2, 0.25) is 0 Å². The van der Waals surface area contributed by atoms with Crippen molar-refractivity contribution in [1.82, 2.24) is 0 Å². The van der Waals surface area contributed by atoms with Gasteiger partial charge in [-0.2, -0.15) is 0 Å². The molecule has 0 aliphatic heterocycles. The molecule has 0 amide bonds. The standard InChI is InChI=1S/C9H18O2/c1-9(7-10,11-2)8-5-3-4-6-8/h8,10H,3-7H2,1-2H3. The molecule has 0 aromatic heterocycles. The van der Waals surface area contributed by atoms with Crippen molar-refractivity contribution in [2.45, 2.75) is 38.2 Å². The molecule has 2 heteroatoms. The van der Waals surface area contributed by atoms with Gasteiger partial charge in [-0.05, 0) is 25.7 Å². The minimum atomic E-state index is -0.281. The van der Waals surface area contributed by atoms with Gasteiger partial charge in [-0.1, -0.05) is 12.8 Å². The predicted molar refractivity (Wildman–Crippen MR) is 44.5 cm³/mol. The largest absolute Gasteiger partial charge is 0.393 e. The molecule has 0 aromatic rings. The average molecular weight is 158 g/mol. The lowest BCUT2D eigenvalue weighted by atomic mass is 9.88. The summed E-state index contributed by atoms with van der Waals surface area (Å²) >= 11 is 0. The molecule has 1 unspecified atom stereocenters. The first kappa shape index (κ1) is 9.01. The van der Waals surface area contributed by atoms with Crippen LogP contribution >= 0.6 is 0 Å². The molecule has 0 radical (unpaired) electrons. The van der Waals surface area contributed by atoms with Crippen molar-refractivity contribution in [2.75, 3.05) is 13.7 Å². The van der Waals surface area contributed by atoms with E-state index in [1.807, 2.05) is 6.92 Å². The summed E-state index contributed by atoms with van der Waals surface area (Å²) in [5, 5.41) is 9.12. The molecular formula is C9H18O2. The number of rotatable bonds is 3. The molecule has 1 aliphatic rings. The molecule has 0 spiro atoms. The first-order chi connectivity index (χ1) is 5.23. The normalized spacial score (nSPS) is 25.4. The Hall–Kier alpha value is -0.0800. The first-order valence-corrected chi connectivity index (χ1v) is 4.39. The molecule has 0 bridgehead atoms. The van der Waals surface area contributed by atoms with Gasteiger partial charge in [0.25, 0.3) is 0 Å². The second-order valence-corrected chi connectivity index (χ2v) is 3.66. The van der Waals surface area contributed by atoms with Crippen LogP contribution in [0.15, 0.2) is 0 Å². The summed E-state index contributed by atoms with van der Waals surface area (Å²) < 4.78 is 5.32. The minimum Gasteiger partial charge on any atom is -0.393 e. The van der Waals surface area contributed by atoms with E-state index in [0.717, 1.165) is 0 Å². The molecule has 1 fully saturated rings. The lowest BCUT2D eigenvalue weighted by Crippen LogP contribution is -2.39. The molecule has 0 heterocycles. The fraction of sp³-hybridized carbons (Fsp3) is 1.00. The van der Waals surface area contributed by atoms with Crippen LogP contribution < -0.4 is 0 Å². The zero-order chi connectivity index (χ0) is 8.32. The summed E-state index contributed by atoms with van der Waals surface area (Å²) in [6.07, 6.45) is 5.02. The Labute approximate surface area is 68.6 Å². The summed E-state index contributed by atoms with van der Waals surface area (Å²) in [5.41, 5.74) is -0.281. The van der Waals surface area contributed by atoms with Gasteiger partial charge < -0.3 is 9.84 Å². The van der Waals surface area contributed by atoms with Gasteiger partial charge in [0, 0.05) is 7.11 Å². The maximum Gasteiger partial charge on any atom is 0.0908 e. The van der Waals surface area contributed by atoms with Crippen LogP contribution in [0.2, 0.25) is 0 Å². The van der Waals surface area contributed by atoms with Gasteiger partial charge in [0.1, 0.15) is 0 Å². The van der Waals surface area contributed by atoms with Crippen LogP contribution in [0.1, 0.15) is 32.6 Å². The Morgan fingerprint density at radius 3 is 2.36 bits per heavy atom. The van der Waals surface area contributed by atoms with Crippen LogP contribution in [0.25, 0.3) is 0 Å². The highest BCUT2D eigenvalue weighted by Gasteiger charge is 2.35. The number of hydrogen-bond acceptors (Lipinski definition) is 2. The smallest absolute Gasteiger partial charge is 0.0908 e. The lowest BCUT2D eigenvalue weighted by Gasteiger charge is -2.32. The van der Waals surface area contributed by atoms with Gasteiger partial charge in [-0.15, -0.1) is 0 Å². The van der Waals surface area contributed by atoms with Gasteiger partial charge in [0.15, 0.2) is 0 Å². The van der Waals surface area contributed by atoms with E-state index in [4.69, 9.17) is 9.84 Å². The molecule has 0 aromatic carbocycles. The molecular weight excluding hydrogens is 140 g/mol. The Kier molecular flexibility index (Phi) is 2.90.